The van der Waals surface area contributed by atoms with E-state index < -0.39 is 0 Å². The van der Waals surface area contributed by atoms with Crippen LogP contribution in [0, 0.1) is 0 Å². The van der Waals surface area contributed by atoms with Crippen LogP contribution in [0.3, 0.4) is 0 Å². The van der Waals surface area contributed by atoms with Gasteiger partial charge in [-0.3, -0.25) is 10.1 Å². The summed E-state index contributed by atoms with van der Waals surface area (Å²) in [5.74, 6) is 1.84. The van der Waals surface area contributed by atoms with E-state index in [1.807, 2.05) is 72.8 Å². The minimum atomic E-state index is -0.350. The predicted molar refractivity (Wildman–Crippen MR) is 144 cm³/mol. The molecule has 4 aromatic rings. The summed E-state index contributed by atoms with van der Waals surface area (Å²) in [4.78, 5) is 17.3. The van der Waals surface area contributed by atoms with Crippen LogP contribution in [0.4, 0.5) is 11.9 Å². The summed E-state index contributed by atoms with van der Waals surface area (Å²) >= 11 is 6.11. The summed E-state index contributed by atoms with van der Waals surface area (Å²) in [6, 6.07) is 22.8. The second-order valence-corrected chi connectivity index (χ2v) is 8.95. The predicted octanol–water partition coefficient (Wildman–Crippen LogP) is 5.75. The minimum absolute atomic E-state index is 0.0436. The van der Waals surface area contributed by atoms with Gasteiger partial charge in [-0.05, 0) is 42.3 Å². The first-order chi connectivity index (χ1) is 18.1. The quantitative estimate of drug-likeness (QED) is 0.305. The summed E-state index contributed by atoms with van der Waals surface area (Å²) in [7, 11) is 3.24. The van der Waals surface area contributed by atoms with E-state index >= 15 is 0 Å². The number of nitrogens with zero attached hydrogens (tertiary/aromatic N) is 3. The highest BCUT2D eigenvalue weighted by atomic mass is 35.5. The molecule has 0 saturated heterocycles. The van der Waals surface area contributed by atoms with Crippen molar-refractivity contribution in [3.63, 3.8) is 0 Å². The Labute approximate surface area is 219 Å². The topological polar surface area (TPSA) is 90.3 Å². The van der Waals surface area contributed by atoms with E-state index in [4.69, 9.17) is 21.1 Å². The lowest BCUT2D eigenvalue weighted by Crippen LogP contribution is -2.28. The van der Waals surface area contributed by atoms with Crippen LogP contribution < -0.4 is 20.1 Å². The second kappa shape index (κ2) is 10.8. The standard InChI is InChI=1S/C28H26ClN5O3/c1-36-24-9-5-3-7-19(24)13-16-26(35)31-27-32-28-30-22(18-11-14-20(29)15-12-18)17-23(34(28)33-27)21-8-4-6-10-25(21)37-2/h3-16,22-23H,17H2,1-2H3,(H2,30,31,32,33,35). The number of methoxy groups -OCH3 is 2. The van der Waals surface area contributed by atoms with Crippen molar-refractivity contribution in [2.24, 2.45) is 0 Å². The molecular weight excluding hydrogens is 490 g/mol. The maximum atomic E-state index is 12.7. The van der Waals surface area contributed by atoms with E-state index in [1.54, 1.807) is 25.0 Å². The van der Waals surface area contributed by atoms with E-state index in [1.165, 1.54) is 6.08 Å². The fourth-order valence-electron chi connectivity index (χ4n) is 4.47. The zero-order valence-corrected chi connectivity index (χ0v) is 21.1. The number of aromatic nitrogens is 3. The number of ether oxygens (including phenoxy) is 2. The van der Waals surface area contributed by atoms with Crippen molar-refractivity contribution < 1.29 is 14.3 Å². The van der Waals surface area contributed by atoms with Crippen LogP contribution in [-0.2, 0) is 4.79 Å². The number of carbonyl (C=O) groups excluding carboxylic acids is 1. The first-order valence-corrected chi connectivity index (χ1v) is 12.2. The summed E-state index contributed by atoms with van der Waals surface area (Å²) in [5.41, 5.74) is 2.84. The Kier molecular flexibility index (Phi) is 7.09. The van der Waals surface area contributed by atoms with Crippen molar-refractivity contribution >= 4 is 35.5 Å². The lowest BCUT2D eigenvalue weighted by Gasteiger charge is -2.32. The number of para-hydroxylation sites is 2. The van der Waals surface area contributed by atoms with Crippen LogP contribution in [0.25, 0.3) is 6.08 Å². The highest BCUT2D eigenvalue weighted by Crippen LogP contribution is 2.41. The Hall–Kier alpha value is -4.30. The van der Waals surface area contributed by atoms with Crippen LogP contribution in [-0.4, -0.2) is 34.9 Å². The molecular formula is C28H26ClN5O3. The molecule has 1 aromatic heterocycles. The fraction of sp³-hybridized carbons (Fsp3) is 0.179. The molecule has 2 N–H and O–H groups in total. The Morgan fingerprint density at radius 1 is 1.03 bits per heavy atom. The lowest BCUT2D eigenvalue weighted by atomic mass is 9.93. The third-order valence-electron chi connectivity index (χ3n) is 6.25. The Bertz CT molecular complexity index is 1430. The van der Waals surface area contributed by atoms with Crippen molar-refractivity contribution in [3.8, 4) is 11.5 Å². The summed E-state index contributed by atoms with van der Waals surface area (Å²) in [6.07, 6.45) is 3.82. The molecule has 0 fully saturated rings. The number of hydrogen-bond donors (Lipinski definition) is 2. The van der Waals surface area contributed by atoms with Crippen molar-refractivity contribution in [2.45, 2.75) is 18.5 Å². The maximum Gasteiger partial charge on any atom is 0.250 e. The highest BCUT2D eigenvalue weighted by Gasteiger charge is 2.32. The van der Waals surface area contributed by atoms with Crippen molar-refractivity contribution in [3.05, 3.63) is 101 Å². The number of rotatable bonds is 7. The maximum absolute atomic E-state index is 12.7. The number of amides is 1. The second-order valence-electron chi connectivity index (χ2n) is 8.51. The van der Waals surface area contributed by atoms with Crippen LogP contribution in [0.15, 0.2) is 78.9 Å². The minimum Gasteiger partial charge on any atom is -0.496 e. The number of hydrogen-bond acceptors (Lipinski definition) is 6. The molecule has 2 atom stereocenters. The number of anilines is 2. The van der Waals surface area contributed by atoms with Crippen molar-refractivity contribution in [1.29, 1.82) is 0 Å². The number of fused-ring (bicyclic) bond motifs is 1. The lowest BCUT2D eigenvalue weighted by molar-refractivity contribution is -0.111. The van der Waals surface area contributed by atoms with Gasteiger partial charge >= 0.3 is 0 Å². The molecule has 0 spiro atoms. The molecule has 3 aromatic carbocycles. The van der Waals surface area contributed by atoms with E-state index in [0.29, 0.717) is 23.1 Å². The normalized spacial score (nSPS) is 16.6. The number of halogens is 1. The Morgan fingerprint density at radius 3 is 2.49 bits per heavy atom. The average molecular weight is 516 g/mol. The van der Waals surface area contributed by atoms with Gasteiger partial charge < -0.3 is 14.8 Å². The zero-order valence-electron chi connectivity index (χ0n) is 20.4. The van der Waals surface area contributed by atoms with Gasteiger partial charge in [0.15, 0.2) is 0 Å². The first kappa shape index (κ1) is 24.4. The van der Waals surface area contributed by atoms with E-state index in [-0.39, 0.29) is 23.9 Å². The van der Waals surface area contributed by atoms with Gasteiger partial charge in [-0.15, -0.1) is 5.10 Å². The SMILES string of the molecule is COc1ccccc1C=CC(=O)Nc1nc2n(n1)C(c1ccccc1OC)CC(c1ccc(Cl)cc1)N2. The average Bonchev–Trinajstić information content (AvgIpc) is 3.34. The number of nitrogens with one attached hydrogen (secondary N) is 2. The molecule has 5 rings (SSSR count). The van der Waals surface area contributed by atoms with Gasteiger partial charge in [0.05, 0.1) is 26.3 Å². The van der Waals surface area contributed by atoms with Crippen molar-refractivity contribution in [2.75, 3.05) is 24.9 Å². The molecule has 0 saturated carbocycles. The molecule has 0 aliphatic carbocycles. The third-order valence-corrected chi connectivity index (χ3v) is 6.50. The van der Waals surface area contributed by atoms with E-state index in [0.717, 1.165) is 22.4 Å². The zero-order chi connectivity index (χ0) is 25.8. The Morgan fingerprint density at radius 2 is 1.73 bits per heavy atom. The first-order valence-electron chi connectivity index (χ1n) is 11.8. The van der Waals surface area contributed by atoms with Gasteiger partial charge in [0.2, 0.25) is 5.95 Å². The number of benzene rings is 3. The van der Waals surface area contributed by atoms with Gasteiger partial charge in [0.1, 0.15) is 11.5 Å². The largest absolute Gasteiger partial charge is 0.496 e. The van der Waals surface area contributed by atoms with Crippen LogP contribution in [0.1, 0.15) is 35.2 Å². The van der Waals surface area contributed by atoms with Crippen LogP contribution in [0.2, 0.25) is 5.02 Å². The molecule has 9 heteroatoms. The monoisotopic (exact) mass is 515 g/mol. The molecule has 188 valence electrons. The summed E-state index contributed by atoms with van der Waals surface area (Å²) < 4.78 is 12.8. The molecule has 2 unspecified atom stereocenters. The van der Waals surface area contributed by atoms with Gasteiger partial charge in [0, 0.05) is 22.2 Å². The van der Waals surface area contributed by atoms with Gasteiger partial charge in [-0.2, -0.15) is 4.98 Å². The van der Waals surface area contributed by atoms with E-state index in [2.05, 4.69) is 20.7 Å². The Balaban J connectivity index is 1.44. The molecule has 0 radical (unpaired) electrons. The highest BCUT2D eigenvalue weighted by molar-refractivity contribution is 6.30. The van der Waals surface area contributed by atoms with E-state index in [9.17, 15) is 4.79 Å². The van der Waals surface area contributed by atoms with Crippen LogP contribution in [0.5, 0.6) is 11.5 Å². The van der Waals surface area contributed by atoms with Crippen molar-refractivity contribution in [1.82, 2.24) is 14.8 Å². The molecule has 8 nitrogen and oxygen atoms in total. The smallest absolute Gasteiger partial charge is 0.250 e. The molecule has 1 aliphatic rings. The van der Waals surface area contributed by atoms with Gasteiger partial charge in [-0.1, -0.05) is 60.1 Å². The molecule has 0 bridgehead atoms. The third kappa shape index (κ3) is 5.29. The van der Waals surface area contributed by atoms with Crippen LogP contribution >= 0.6 is 11.6 Å². The summed E-state index contributed by atoms with van der Waals surface area (Å²) in [5, 5.41) is 11.5. The molecule has 1 amide bonds. The fourth-order valence-corrected chi connectivity index (χ4v) is 4.59. The number of carbonyl (C=O) groups is 1. The van der Waals surface area contributed by atoms with Gasteiger partial charge in [-0.25, -0.2) is 4.68 Å². The summed E-state index contributed by atoms with van der Waals surface area (Å²) in [6.45, 7) is 0. The molecule has 2 heterocycles. The molecule has 1 aliphatic heterocycles. The van der Waals surface area contributed by atoms with Gasteiger partial charge in [0.25, 0.3) is 11.9 Å². The molecule has 37 heavy (non-hydrogen) atoms.